The number of hydrogen-bond donors (Lipinski definition) is 2. The van der Waals surface area contributed by atoms with Gasteiger partial charge in [-0.1, -0.05) is 0 Å². The van der Waals surface area contributed by atoms with E-state index in [1.54, 1.807) is 12.1 Å². The molecule has 0 fully saturated rings. The minimum atomic E-state index is -5.02. The van der Waals surface area contributed by atoms with Crippen molar-refractivity contribution in [2.24, 2.45) is 0 Å². The number of phenolic OH excluding ortho intramolecular Hbond substituents is 2. The summed E-state index contributed by atoms with van der Waals surface area (Å²) in [4.78, 5) is 0. The van der Waals surface area contributed by atoms with Crippen LogP contribution in [-0.2, 0) is 39.8 Å². The van der Waals surface area contributed by atoms with Gasteiger partial charge in [0.25, 0.3) is 0 Å². The van der Waals surface area contributed by atoms with Crippen molar-refractivity contribution in [3.05, 3.63) is 180 Å². The molecule has 8 aromatic rings. The summed E-state index contributed by atoms with van der Waals surface area (Å²) < 4.78 is 4.22. The van der Waals surface area contributed by atoms with Gasteiger partial charge in [-0.25, -0.2) is 0 Å². The molecule has 0 saturated heterocycles. The predicted octanol–water partition coefficient (Wildman–Crippen LogP) is 16.5. The quantitative estimate of drug-likeness (QED) is 0.163. The Morgan fingerprint density at radius 3 is 1.03 bits per heavy atom. The molecule has 0 bridgehead atoms. The van der Waals surface area contributed by atoms with Crippen LogP contribution in [0.5, 0.6) is 11.5 Å². The Kier molecular flexibility index (Phi) is 12.4. The first-order valence-electron chi connectivity index (χ1n) is 24.0. The summed E-state index contributed by atoms with van der Waals surface area (Å²) in [5.41, 5.74) is 17.7. The van der Waals surface area contributed by atoms with Crippen LogP contribution in [0.1, 0.15) is 105 Å². The number of aromatic nitrogens is 2. The molecular formula is C62H64Cl2HfN2O2+2. The van der Waals surface area contributed by atoms with Crippen molar-refractivity contribution in [3.63, 3.8) is 0 Å². The second kappa shape index (κ2) is 17.5. The van der Waals surface area contributed by atoms with E-state index in [0.717, 1.165) is 67.3 Å². The van der Waals surface area contributed by atoms with Crippen LogP contribution in [-0.4, -0.2) is 10.2 Å². The van der Waals surface area contributed by atoms with Gasteiger partial charge in [0, 0.05) is 0 Å². The molecule has 2 N–H and O–H groups in total. The zero-order valence-corrected chi connectivity index (χ0v) is 47.2. The number of aromatic hydroxyl groups is 2. The molecule has 1 aliphatic rings. The van der Waals surface area contributed by atoms with Crippen LogP contribution >= 0.6 is 17.2 Å². The van der Waals surface area contributed by atoms with Gasteiger partial charge in [0.05, 0.1) is 0 Å². The van der Waals surface area contributed by atoms with E-state index in [9.17, 15) is 10.2 Å². The Labute approximate surface area is 422 Å². The summed E-state index contributed by atoms with van der Waals surface area (Å²) >= 11 is -5.02. The van der Waals surface area contributed by atoms with Crippen molar-refractivity contribution in [2.45, 2.75) is 105 Å². The summed E-state index contributed by atoms with van der Waals surface area (Å²) in [6.07, 6.45) is 0. The first-order chi connectivity index (χ1) is 32.4. The molecule has 3 heterocycles. The van der Waals surface area contributed by atoms with E-state index in [1.165, 1.54) is 22.3 Å². The van der Waals surface area contributed by atoms with Crippen LogP contribution < -0.4 is 5.11 Å². The van der Waals surface area contributed by atoms with Crippen LogP contribution in [0, 0.1) is 0 Å². The fourth-order valence-corrected chi connectivity index (χ4v) is 23.6. The molecule has 350 valence electrons. The van der Waals surface area contributed by atoms with Crippen molar-refractivity contribution >= 4 is 17.2 Å². The normalized spacial score (nSPS) is 13.6. The van der Waals surface area contributed by atoms with Crippen molar-refractivity contribution in [2.75, 3.05) is 0 Å². The van der Waals surface area contributed by atoms with E-state index in [4.69, 9.17) is 17.2 Å². The number of hydrogen-bond acceptors (Lipinski definition) is 2. The van der Waals surface area contributed by atoms with Crippen LogP contribution in [0.2, 0.25) is 0 Å². The van der Waals surface area contributed by atoms with Gasteiger partial charge in [-0.15, -0.1) is 0 Å². The van der Waals surface area contributed by atoms with Gasteiger partial charge in [0.2, 0.25) is 0 Å². The molecule has 6 aromatic carbocycles. The van der Waals surface area contributed by atoms with E-state index in [-0.39, 0.29) is 33.2 Å². The number of halogens is 2. The first-order valence-corrected chi connectivity index (χ1v) is 36.1. The molecular weight excluding hydrogens is 1050 g/mol. The van der Waals surface area contributed by atoms with Gasteiger partial charge in [-0.05, 0) is 0 Å². The molecule has 9 rings (SSSR count). The van der Waals surface area contributed by atoms with Crippen LogP contribution in [0.4, 0.5) is 0 Å². The monoisotopic (exact) mass is 1120 g/mol. The van der Waals surface area contributed by atoms with Gasteiger partial charge < -0.3 is 0 Å². The molecule has 69 heavy (non-hydrogen) atoms. The molecule has 0 spiro atoms. The van der Waals surface area contributed by atoms with Gasteiger partial charge in [0.1, 0.15) is 0 Å². The number of benzene rings is 6. The Hall–Kier alpha value is -5.33. The van der Waals surface area contributed by atoms with Gasteiger partial charge in [0.15, 0.2) is 0 Å². The maximum absolute atomic E-state index is 12.0. The number of phenols is 2. The van der Waals surface area contributed by atoms with Crippen molar-refractivity contribution in [3.8, 4) is 89.9 Å². The second-order valence-corrected chi connectivity index (χ2v) is 39.9. The van der Waals surface area contributed by atoms with Crippen LogP contribution in [0.25, 0.3) is 78.4 Å². The average Bonchev–Trinajstić information content (AvgIpc) is 3.54. The van der Waals surface area contributed by atoms with Crippen molar-refractivity contribution < 1.29 is 33.5 Å². The van der Waals surface area contributed by atoms with Crippen LogP contribution in [0.15, 0.2) is 158 Å². The average molecular weight is 1120 g/mol. The fraction of sp³-hybridized carbons (Fsp3) is 0.258. The predicted molar refractivity (Wildman–Crippen MR) is 286 cm³/mol. The first kappa shape index (κ1) is 48.7. The minimum absolute atomic E-state index is 0.0807. The van der Waals surface area contributed by atoms with E-state index in [1.807, 2.05) is 36.4 Å². The zero-order valence-electron chi connectivity index (χ0n) is 42.1. The Bertz CT molecular complexity index is 3080. The Morgan fingerprint density at radius 2 is 0.696 bits per heavy atom. The van der Waals surface area contributed by atoms with E-state index in [0.29, 0.717) is 11.1 Å². The molecule has 0 radical (unpaired) electrons. The Morgan fingerprint density at radius 1 is 0.348 bits per heavy atom. The molecule has 1 aliphatic heterocycles. The van der Waals surface area contributed by atoms with Crippen LogP contribution in [0.3, 0.4) is 0 Å². The zero-order chi connectivity index (χ0) is 49.6. The summed E-state index contributed by atoms with van der Waals surface area (Å²) in [6, 6.07) is 54.6. The van der Waals surface area contributed by atoms with Crippen molar-refractivity contribution in [1.29, 1.82) is 0 Å². The third-order valence-electron chi connectivity index (χ3n) is 13.7. The molecule has 4 nitrogen and oxygen atoms in total. The SMILES string of the molecule is CC(C)(C)c1cc(-c2ccccc2)c(-c2ccc(O)c(-c3cccc4[n+]3[Hf]([Cl])([Cl])[n+]3c(-c5cc(-c6c(-c7ccccc7)cc(C(C)(C)C)cc6C(C)(C)C)ccc5O)cccc3-4)c2)c(C(C)(C)C)c1. The third-order valence-corrected chi connectivity index (χ3v) is 26.6. The molecule has 0 atom stereocenters. The van der Waals surface area contributed by atoms with E-state index < -0.39 is 18.2 Å². The summed E-state index contributed by atoms with van der Waals surface area (Å²) in [5.74, 6) is 0.268. The van der Waals surface area contributed by atoms with Gasteiger partial charge >= 0.3 is 425 Å². The molecule has 7 heteroatoms. The molecule has 0 amide bonds. The number of nitrogens with zero attached hydrogens (tertiary/aromatic N) is 2. The van der Waals surface area contributed by atoms with Gasteiger partial charge in [-0.3, -0.25) is 0 Å². The number of fused-ring (bicyclic) bond motifs is 3. The molecule has 0 unspecified atom stereocenters. The maximum atomic E-state index is 12.0. The molecule has 0 saturated carbocycles. The van der Waals surface area contributed by atoms with E-state index in [2.05, 4.69) is 197 Å². The van der Waals surface area contributed by atoms with Gasteiger partial charge in [-0.2, -0.15) is 0 Å². The number of pyridine rings is 2. The summed E-state index contributed by atoms with van der Waals surface area (Å²) in [6.45, 7) is 27.2. The van der Waals surface area contributed by atoms with Crippen molar-refractivity contribution in [1.82, 2.24) is 0 Å². The topological polar surface area (TPSA) is 48.2 Å². The number of rotatable bonds is 6. The standard InChI is InChI=1S/C62H64N2O2.2ClH.Hf/c1-59(2,3)43-35-45(39-21-15-13-16-22-39)57(49(37-43)61(7,8)9)41-29-31-55(65)47(33-41)51-25-19-27-53(63-51)54-28-20-26-52(64-54)48-34-42(30-32-56(48)66)58-46(40-23-17-14-18-24-40)36-44(60(4,5)6)38-50(58)62(10,11)12;;;/h13-38,65-66H,1-12H3;2*1H;/q;;;+4/p-2. The third kappa shape index (κ3) is 8.94. The second-order valence-electron chi connectivity index (χ2n) is 22.9. The molecule has 0 aliphatic carbocycles. The molecule has 2 aromatic heterocycles. The fourth-order valence-electron chi connectivity index (χ4n) is 9.96. The summed E-state index contributed by atoms with van der Waals surface area (Å²) in [7, 11) is 16.0. The Balaban J connectivity index is 1.23. The van der Waals surface area contributed by atoms with E-state index >= 15 is 0 Å². The summed E-state index contributed by atoms with van der Waals surface area (Å²) in [5, 5.41) is 23.9.